The van der Waals surface area contributed by atoms with Crippen molar-refractivity contribution in [3.8, 4) is 0 Å². The number of hydrogen-bond donors (Lipinski definition) is 6. The van der Waals surface area contributed by atoms with Gasteiger partial charge < -0.3 is 35.3 Å². The van der Waals surface area contributed by atoms with Crippen LogP contribution >= 0.6 is 7.60 Å². The van der Waals surface area contributed by atoms with Crippen LogP contribution in [0.1, 0.15) is 66.0 Å². The van der Waals surface area contributed by atoms with Crippen LogP contribution in [0.2, 0.25) is 0 Å². The van der Waals surface area contributed by atoms with E-state index in [2.05, 4.69) is 9.97 Å². The molecule has 13 heteroatoms. The lowest BCUT2D eigenvalue weighted by atomic mass is 9.88. The summed E-state index contributed by atoms with van der Waals surface area (Å²) < 4.78 is 26.2. The van der Waals surface area contributed by atoms with Gasteiger partial charge >= 0.3 is 7.60 Å². The molecule has 1 saturated heterocycles. The lowest BCUT2D eigenvalue weighted by Crippen LogP contribution is -2.42. The number of ether oxygens (including phenoxy) is 1. The summed E-state index contributed by atoms with van der Waals surface area (Å²) in [5, 5.41) is 30.5. The van der Waals surface area contributed by atoms with E-state index in [1.54, 1.807) is 27.7 Å². The fourth-order valence-corrected chi connectivity index (χ4v) is 6.29. The second kappa shape index (κ2) is 9.69. The van der Waals surface area contributed by atoms with Crippen LogP contribution in [0.5, 0.6) is 0 Å². The summed E-state index contributed by atoms with van der Waals surface area (Å²) in [6.45, 7) is 6.75. The summed E-state index contributed by atoms with van der Waals surface area (Å²) in [6, 6.07) is 1.50. The number of fused-ring (bicyclic) bond motifs is 1. The van der Waals surface area contributed by atoms with Gasteiger partial charge in [0.25, 0.3) is 5.56 Å². The van der Waals surface area contributed by atoms with Crippen LogP contribution in [0.15, 0.2) is 17.1 Å². The lowest BCUT2D eigenvalue weighted by molar-refractivity contribution is -0.0760. The predicted molar refractivity (Wildman–Crippen MR) is 125 cm³/mol. The molecule has 0 amide bonds. The molecule has 0 aromatic carbocycles. The number of aromatic amines is 1. The Balaban J connectivity index is 1.90. The van der Waals surface area contributed by atoms with Crippen molar-refractivity contribution in [1.82, 2.24) is 14.5 Å². The first-order valence-corrected chi connectivity index (χ1v) is 13.1. The highest BCUT2D eigenvalue weighted by molar-refractivity contribution is 7.54. The number of aliphatic hydroxyl groups is 3. The van der Waals surface area contributed by atoms with E-state index in [4.69, 9.17) is 15.0 Å². The van der Waals surface area contributed by atoms with E-state index in [0.29, 0.717) is 12.8 Å². The molecule has 192 valence electrons. The van der Waals surface area contributed by atoms with E-state index in [1.165, 1.54) is 16.8 Å². The Labute approximate surface area is 197 Å². The number of aromatic nitrogens is 3. The molecule has 0 saturated carbocycles. The SMILES string of the molecule is CCC(CC)(CC1O[C@@H](n2ccc3c(=O)[nH]c(N)nc32)[C@H](O)[C@@H]1O)OP(=O)(O)C(O)(CC)CC. The van der Waals surface area contributed by atoms with Crippen molar-refractivity contribution in [3.63, 3.8) is 0 Å². The second-order valence-corrected chi connectivity index (χ2v) is 10.9. The third-order valence-corrected chi connectivity index (χ3v) is 9.37. The van der Waals surface area contributed by atoms with E-state index < -0.39 is 48.6 Å². The summed E-state index contributed by atoms with van der Waals surface area (Å²) >= 11 is 0. The van der Waals surface area contributed by atoms with Crippen molar-refractivity contribution >= 4 is 24.6 Å². The first-order valence-electron chi connectivity index (χ1n) is 11.5. The van der Waals surface area contributed by atoms with Gasteiger partial charge in [-0.15, -0.1) is 0 Å². The third kappa shape index (κ3) is 4.56. The highest BCUT2D eigenvalue weighted by Crippen LogP contribution is 2.61. The molecule has 0 spiro atoms. The van der Waals surface area contributed by atoms with Crippen LogP contribution in [0.3, 0.4) is 0 Å². The van der Waals surface area contributed by atoms with Gasteiger partial charge in [-0.05, 0) is 31.7 Å². The van der Waals surface area contributed by atoms with E-state index >= 15 is 0 Å². The Hall–Kier alpha value is -1.79. The molecule has 12 nitrogen and oxygen atoms in total. The number of H-pyrrole nitrogens is 1. The molecule has 1 fully saturated rings. The zero-order valence-corrected chi connectivity index (χ0v) is 20.7. The van der Waals surface area contributed by atoms with E-state index in [9.17, 15) is 29.6 Å². The van der Waals surface area contributed by atoms with Gasteiger partial charge in [-0.1, -0.05) is 27.7 Å². The van der Waals surface area contributed by atoms with Gasteiger partial charge in [0.05, 0.1) is 17.1 Å². The lowest BCUT2D eigenvalue weighted by Gasteiger charge is -2.40. The van der Waals surface area contributed by atoms with Crippen LogP contribution in [-0.4, -0.2) is 64.0 Å². The van der Waals surface area contributed by atoms with Gasteiger partial charge in [0.15, 0.2) is 17.2 Å². The number of hydrogen-bond acceptors (Lipinski definition) is 9. The maximum atomic E-state index is 13.1. The average Bonchev–Trinajstić information content (AvgIpc) is 3.33. The predicted octanol–water partition coefficient (Wildman–Crippen LogP) is 1.59. The quantitative estimate of drug-likeness (QED) is 0.260. The van der Waals surface area contributed by atoms with Gasteiger partial charge in [-0.25, -0.2) is 0 Å². The van der Waals surface area contributed by atoms with Gasteiger partial charge in [-0.2, -0.15) is 4.98 Å². The fourth-order valence-electron chi connectivity index (χ4n) is 4.46. The van der Waals surface area contributed by atoms with Crippen LogP contribution < -0.4 is 11.3 Å². The molecule has 0 bridgehead atoms. The number of aliphatic hydroxyl groups excluding tert-OH is 2. The number of rotatable bonds is 10. The molecule has 2 aromatic rings. The molecule has 1 aliphatic rings. The van der Waals surface area contributed by atoms with Crippen molar-refractivity contribution in [1.29, 1.82) is 0 Å². The third-order valence-electron chi connectivity index (χ3n) is 7.05. The summed E-state index contributed by atoms with van der Waals surface area (Å²) in [4.78, 5) is 29.3. The number of nitrogens with one attached hydrogen (secondary N) is 1. The van der Waals surface area contributed by atoms with Crippen LogP contribution in [0.25, 0.3) is 11.0 Å². The Kier molecular flexibility index (Phi) is 7.64. The summed E-state index contributed by atoms with van der Waals surface area (Å²) in [5.74, 6) is -0.107. The van der Waals surface area contributed by atoms with Crippen molar-refractivity contribution in [2.75, 3.05) is 5.73 Å². The molecule has 7 N–H and O–H groups in total. The number of anilines is 1. The van der Waals surface area contributed by atoms with Crippen molar-refractivity contribution < 1.29 is 34.0 Å². The topological polar surface area (TPSA) is 193 Å². The largest absolute Gasteiger partial charge is 0.388 e. The number of nitrogen functional groups attached to an aromatic ring is 1. The first kappa shape index (κ1) is 26.8. The average molecular weight is 503 g/mol. The molecular weight excluding hydrogens is 467 g/mol. The fraction of sp³-hybridized carbons (Fsp3) is 0.714. The molecule has 0 aliphatic carbocycles. The molecule has 1 aliphatic heterocycles. The van der Waals surface area contributed by atoms with Crippen molar-refractivity contribution in [2.24, 2.45) is 0 Å². The van der Waals surface area contributed by atoms with Crippen molar-refractivity contribution in [3.05, 3.63) is 22.6 Å². The zero-order chi connectivity index (χ0) is 25.5. The minimum atomic E-state index is -4.48. The Morgan fingerprint density at radius 2 is 1.82 bits per heavy atom. The molecule has 3 rings (SSSR count). The number of nitrogens with zero attached hydrogens (tertiary/aromatic N) is 2. The van der Waals surface area contributed by atoms with Crippen LogP contribution in [0, 0.1) is 0 Å². The molecule has 2 aromatic heterocycles. The Morgan fingerprint density at radius 3 is 2.38 bits per heavy atom. The smallest absolute Gasteiger partial charge is 0.359 e. The standard InChI is InChI=1S/C21H35N4O8P/c1-5-20(6-2,33-34(30,31)21(29,7-3)8-4)11-13-14(26)15(27)18(32-13)25-10-9-12-16(25)23-19(22)24-17(12)28/h9-10,13-15,18,26-27,29H,5-8,11H2,1-4H3,(H,30,31)(H3,22,23,24,28)/t13?,14-,15-,18-/m1/s1. The molecule has 2 unspecified atom stereocenters. The summed E-state index contributed by atoms with van der Waals surface area (Å²) in [6.07, 6.45) is -2.64. The minimum Gasteiger partial charge on any atom is -0.388 e. The number of nitrogens with two attached hydrogens (primary N) is 1. The maximum Gasteiger partial charge on any atom is 0.359 e. The highest BCUT2D eigenvalue weighted by atomic mass is 31.2. The molecular formula is C21H35N4O8P. The molecule has 0 radical (unpaired) electrons. The Bertz CT molecular complexity index is 1110. The monoisotopic (exact) mass is 502 g/mol. The Morgan fingerprint density at radius 1 is 1.21 bits per heavy atom. The maximum absolute atomic E-state index is 13.1. The van der Waals surface area contributed by atoms with E-state index in [1.807, 2.05) is 0 Å². The van der Waals surface area contributed by atoms with Gasteiger partial charge in [0.2, 0.25) is 5.95 Å². The second-order valence-electron chi connectivity index (χ2n) is 8.85. The normalized spacial score (nSPS) is 25.6. The molecule has 3 heterocycles. The van der Waals surface area contributed by atoms with Crippen LogP contribution in [0.4, 0.5) is 5.95 Å². The van der Waals surface area contributed by atoms with Gasteiger partial charge in [-0.3, -0.25) is 18.9 Å². The van der Waals surface area contributed by atoms with Gasteiger partial charge in [0, 0.05) is 12.6 Å². The highest BCUT2D eigenvalue weighted by Gasteiger charge is 2.52. The first-order chi connectivity index (χ1) is 15.9. The minimum absolute atomic E-state index is 0.0157. The van der Waals surface area contributed by atoms with Crippen molar-refractivity contribution in [2.45, 2.75) is 95.3 Å². The van der Waals surface area contributed by atoms with E-state index in [-0.39, 0.29) is 36.2 Å². The molecule has 5 atom stereocenters. The summed E-state index contributed by atoms with van der Waals surface area (Å²) in [5.41, 5.74) is 4.18. The summed E-state index contributed by atoms with van der Waals surface area (Å²) in [7, 11) is -4.48. The van der Waals surface area contributed by atoms with Crippen LogP contribution in [-0.2, 0) is 13.8 Å². The molecule has 34 heavy (non-hydrogen) atoms. The van der Waals surface area contributed by atoms with Gasteiger partial charge in [0.1, 0.15) is 12.2 Å². The zero-order valence-electron chi connectivity index (χ0n) is 19.8. The van der Waals surface area contributed by atoms with E-state index in [0.717, 1.165) is 0 Å².